The third-order valence-electron chi connectivity index (χ3n) is 6.79. The first kappa shape index (κ1) is 21.1. The molecule has 0 aliphatic rings. The Kier molecular flexibility index (Phi) is 4.89. The predicted octanol–water partition coefficient (Wildman–Crippen LogP) is 7.27. The smallest absolute Gasteiger partial charge is 0.146 e. The number of hydrogen-bond donors (Lipinski definition) is 1. The monoisotopic (exact) mass is 455 g/mol. The van der Waals surface area contributed by atoms with Crippen molar-refractivity contribution in [2.75, 3.05) is 0 Å². The number of pyridine rings is 2. The molecule has 4 nitrogen and oxygen atoms in total. The quantitative estimate of drug-likeness (QED) is 0.304. The molecule has 1 N–H and O–H groups in total. The van der Waals surface area contributed by atoms with Crippen LogP contribution in [0.5, 0.6) is 5.75 Å². The van der Waals surface area contributed by atoms with Gasteiger partial charge in [0.25, 0.3) is 0 Å². The molecule has 6 rings (SSSR count). The summed E-state index contributed by atoms with van der Waals surface area (Å²) in [6.45, 7) is 4.39. The van der Waals surface area contributed by atoms with Gasteiger partial charge >= 0.3 is 0 Å². The van der Waals surface area contributed by atoms with Crippen molar-refractivity contribution in [2.45, 2.75) is 19.3 Å². The number of para-hydroxylation sites is 3. The molecule has 3 aromatic heterocycles. The van der Waals surface area contributed by atoms with E-state index in [-0.39, 0.29) is 11.2 Å². The highest BCUT2D eigenvalue weighted by Crippen LogP contribution is 2.36. The van der Waals surface area contributed by atoms with Gasteiger partial charge in [0, 0.05) is 16.2 Å². The molecular formula is C31H25N3O. The summed E-state index contributed by atoms with van der Waals surface area (Å²) in [5.74, 6) is 0.215. The van der Waals surface area contributed by atoms with Gasteiger partial charge in [-0.3, -0.25) is 9.55 Å². The van der Waals surface area contributed by atoms with Crippen molar-refractivity contribution >= 4 is 21.9 Å². The largest absolute Gasteiger partial charge is 0.506 e. The highest BCUT2D eigenvalue weighted by atomic mass is 16.3. The van der Waals surface area contributed by atoms with Crippen LogP contribution >= 0.6 is 0 Å². The van der Waals surface area contributed by atoms with Crippen LogP contribution in [0.25, 0.3) is 39.0 Å². The van der Waals surface area contributed by atoms with Crippen molar-refractivity contribution in [2.24, 2.45) is 0 Å². The summed E-state index contributed by atoms with van der Waals surface area (Å²) < 4.78 is 2.03. The van der Waals surface area contributed by atoms with E-state index in [0.29, 0.717) is 5.69 Å². The second-order valence-electron chi connectivity index (χ2n) is 9.31. The lowest BCUT2D eigenvalue weighted by Crippen LogP contribution is -2.20. The molecule has 3 heterocycles. The summed E-state index contributed by atoms with van der Waals surface area (Å²) in [6.07, 6.45) is 0. The van der Waals surface area contributed by atoms with Gasteiger partial charge in [0.1, 0.15) is 11.4 Å². The van der Waals surface area contributed by atoms with Crippen molar-refractivity contribution in [3.63, 3.8) is 0 Å². The fourth-order valence-electron chi connectivity index (χ4n) is 4.81. The lowest BCUT2D eigenvalue weighted by molar-refractivity contribution is 0.473. The molecule has 0 fully saturated rings. The summed E-state index contributed by atoms with van der Waals surface area (Å²) in [5.41, 5.74) is 6.07. The minimum atomic E-state index is -0.244. The minimum Gasteiger partial charge on any atom is -0.506 e. The molecule has 0 spiro atoms. The Morgan fingerprint density at radius 3 is 2.17 bits per heavy atom. The number of nitrogens with zero attached hydrogens (tertiary/aromatic N) is 3. The Hall–Kier alpha value is -4.44. The van der Waals surface area contributed by atoms with Gasteiger partial charge in [-0.05, 0) is 48.0 Å². The van der Waals surface area contributed by atoms with Crippen LogP contribution in [-0.2, 0) is 5.41 Å². The number of benzene rings is 3. The van der Waals surface area contributed by atoms with E-state index in [0.717, 1.165) is 39.0 Å². The summed E-state index contributed by atoms with van der Waals surface area (Å²) in [5, 5.41) is 12.8. The van der Waals surface area contributed by atoms with E-state index < -0.39 is 0 Å². The van der Waals surface area contributed by atoms with E-state index in [2.05, 4.69) is 62.4 Å². The maximum Gasteiger partial charge on any atom is 0.146 e. The van der Waals surface area contributed by atoms with Crippen molar-refractivity contribution < 1.29 is 5.11 Å². The van der Waals surface area contributed by atoms with Gasteiger partial charge in [-0.2, -0.15) is 0 Å². The molecule has 0 saturated carbocycles. The van der Waals surface area contributed by atoms with Crippen LogP contribution in [0.1, 0.15) is 25.1 Å². The topological polar surface area (TPSA) is 50.9 Å². The zero-order chi connectivity index (χ0) is 24.0. The van der Waals surface area contributed by atoms with E-state index >= 15 is 0 Å². The first-order valence-electron chi connectivity index (χ1n) is 11.8. The third-order valence-corrected chi connectivity index (χ3v) is 6.79. The normalized spacial score (nSPS) is 11.8. The summed E-state index contributed by atoms with van der Waals surface area (Å²) >= 11 is 0. The SMILES string of the molecule is CC(C)(c1ccccc1)c1cccc(-c2ccc3c4ccccc4n(-c4ccccc4O)c3n2)n1. The van der Waals surface area contributed by atoms with E-state index in [4.69, 9.17) is 9.97 Å². The number of phenolic OH excluding ortho intramolecular Hbond substituents is 1. The number of aromatic nitrogens is 3. The average Bonchev–Trinajstić information content (AvgIpc) is 3.23. The summed E-state index contributed by atoms with van der Waals surface area (Å²) in [7, 11) is 0. The van der Waals surface area contributed by atoms with Crippen molar-refractivity contribution in [3.8, 4) is 22.8 Å². The molecule has 0 aliphatic heterocycles. The Bertz CT molecular complexity index is 1680. The molecule has 4 heteroatoms. The molecule has 3 aromatic carbocycles. The zero-order valence-electron chi connectivity index (χ0n) is 19.7. The Labute approximate surface area is 204 Å². The Morgan fingerprint density at radius 2 is 1.34 bits per heavy atom. The second-order valence-corrected chi connectivity index (χ2v) is 9.31. The van der Waals surface area contributed by atoms with Crippen LogP contribution in [0.4, 0.5) is 0 Å². The van der Waals surface area contributed by atoms with Gasteiger partial charge in [-0.25, -0.2) is 4.98 Å². The molecule has 0 unspecified atom stereocenters. The number of phenols is 1. The zero-order valence-corrected chi connectivity index (χ0v) is 19.7. The maximum absolute atomic E-state index is 10.7. The van der Waals surface area contributed by atoms with Crippen LogP contribution in [0, 0.1) is 0 Å². The average molecular weight is 456 g/mol. The van der Waals surface area contributed by atoms with Gasteiger partial charge in [-0.15, -0.1) is 0 Å². The minimum absolute atomic E-state index is 0.215. The Morgan fingerprint density at radius 1 is 0.629 bits per heavy atom. The second kappa shape index (κ2) is 8.10. The molecule has 0 bridgehead atoms. The van der Waals surface area contributed by atoms with Crippen LogP contribution < -0.4 is 0 Å². The van der Waals surface area contributed by atoms with Crippen molar-refractivity contribution in [1.29, 1.82) is 0 Å². The standard InChI is InChI=1S/C31H25N3O/c1-31(2,21-11-4-3-5-12-21)29-18-10-14-24(32-29)25-20-19-23-22-13-6-7-15-26(22)34(30(23)33-25)27-16-8-9-17-28(27)35/h3-20,35H,1-2H3. The number of rotatable bonds is 4. The van der Waals surface area contributed by atoms with Gasteiger partial charge in [-0.1, -0.05) is 80.6 Å². The van der Waals surface area contributed by atoms with Gasteiger partial charge in [0.05, 0.1) is 28.3 Å². The summed E-state index contributed by atoms with van der Waals surface area (Å²) in [6, 6.07) is 36.3. The van der Waals surface area contributed by atoms with Crippen LogP contribution in [-0.4, -0.2) is 19.6 Å². The van der Waals surface area contributed by atoms with Gasteiger partial charge in [0.15, 0.2) is 0 Å². The number of hydrogen-bond acceptors (Lipinski definition) is 3. The van der Waals surface area contributed by atoms with Crippen LogP contribution in [0.15, 0.2) is 109 Å². The molecule has 0 saturated heterocycles. The van der Waals surface area contributed by atoms with E-state index in [9.17, 15) is 5.11 Å². The van der Waals surface area contributed by atoms with Crippen molar-refractivity contribution in [3.05, 3.63) is 120 Å². The van der Waals surface area contributed by atoms with Crippen LogP contribution in [0.3, 0.4) is 0 Å². The first-order chi connectivity index (χ1) is 17.0. The fraction of sp³-hybridized carbons (Fsp3) is 0.0968. The first-order valence-corrected chi connectivity index (χ1v) is 11.8. The van der Waals surface area contributed by atoms with E-state index in [1.807, 2.05) is 59.2 Å². The van der Waals surface area contributed by atoms with Crippen LogP contribution in [0.2, 0.25) is 0 Å². The lowest BCUT2D eigenvalue weighted by atomic mass is 9.81. The number of fused-ring (bicyclic) bond motifs is 3. The van der Waals surface area contributed by atoms with E-state index in [1.165, 1.54) is 5.56 Å². The molecule has 35 heavy (non-hydrogen) atoms. The van der Waals surface area contributed by atoms with Gasteiger partial charge in [0.2, 0.25) is 0 Å². The van der Waals surface area contributed by atoms with Crippen molar-refractivity contribution in [1.82, 2.24) is 14.5 Å². The highest BCUT2D eigenvalue weighted by Gasteiger charge is 2.25. The lowest BCUT2D eigenvalue weighted by Gasteiger charge is -2.25. The molecule has 0 radical (unpaired) electrons. The molecule has 0 atom stereocenters. The number of aromatic hydroxyl groups is 1. The molecule has 0 amide bonds. The molecule has 6 aromatic rings. The third kappa shape index (κ3) is 3.46. The fourth-order valence-corrected chi connectivity index (χ4v) is 4.81. The predicted molar refractivity (Wildman–Crippen MR) is 142 cm³/mol. The molecular weight excluding hydrogens is 430 g/mol. The van der Waals surface area contributed by atoms with E-state index in [1.54, 1.807) is 6.07 Å². The highest BCUT2D eigenvalue weighted by molar-refractivity contribution is 6.08. The Balaban J connectivity index is 1.55. The molecule has 0 aliphatic carbocycles. The van der Waals surface area contributed by atoms with Gasteiger partial charge < -0.3 is 5.11 Å². The molecule has 170 valence electrons. The summed E-state index contributed by atoms with van der Waals surface area (Å²) in [4.78, 5) is 10.1. The maximum atomic E-state index is 10.7.